The molecule has 6 heteroatoms. The number of hydrogen-bond acceptors (Lipinski definition) is 4. The summed E-state index contributed by atoms with van der Waals surface area (Å²) in [5.74, 6) is -0.781. The molecule has 0 radical (unpaired) electrons. The number of phenolic OH excluding ortho intramolecular Hbond substituents is 2. The molecule has 27 heavy (non-hydrogen) atoms. The Morgan fingerprint density at radius 1 is 1.19 bits per heavy atom. The van der Waals surface area contributed by atoms with Crippen molar-refractivity contribution in [3.8, 4) is 11.5 Å². The molecule has 2 amide bonds. The molecule has 6 nitrogen and oxygen atoms in total. The Labute approximate surface area is 158 Å². The Hall–Kier alpha value is -3.02. The highest BCUT2D eigenvalue weighted by Gasteiger charge is 2.33. The number of nitrogens with one attached hydrogen (secondary N) is 1. The minimum absolute atomic E-state index is 0.00157. The van der Waals surface area contributed by atoms with E-state index >= 15 is 0 Å². The van der Waals surface area contributed by atoms with Crippen LogP contribution in [0.3, 0.4) is 0 Å². The van der Waals surface area contributed by atoms with E-state index in [0.29, 0.717) is 26.1 Å². The van der Waals surface area contributed by atoms with Gasteiger partial charge in [-0.15, -0.1) is 0 Å². The van der Waals surface area contributed by atoms with E-state index in [1.165, 1.54) is 12.1 Å². The summed E-state index contributed by atoms with van der Waals surface area (Å²) < 4.78 is 0. The number of nitrogens with zero attached hydrogens (tertiary/aromatic N) is 1. The van der Waals surface area contributed by atoms with Crippen LogP contribution in [0, 0.1) is 12.8 Å². The fourth-order valence-electron chi connectivity index (χ4n) is 3.36. The highest BCUT2D eigenvalue weighted by atomic mass is 16.3. The van der Waals surface area contributed by atoms with Crippen molar-refractivity contribution in [1.29, 1.82) is 0 Å². The Balaban J connectivity index is 1.50. The van der Waals surface area contributed by atoms with Gasteiger partial charge < -0.3 is 20.4 Å². The van der Waals surface area contributed by atoms with Crippen LogP contribution < -0.4 is 5.32 Å². The molecule has 3 N–H and O–H groups in total. The van der Waals surface area contributed by atoms with Crippen molar-refractivity contribution >= 4 is 11.8 Å². The summed E-state index contributed by atoms with van der Waals surface area (Å²) in [6, 6.07) is 12.8. The first-order valence-corrected chi connectivity index (χ1v) is 9.05. The van der Waals surface area contributed by atoms with Crippen LogP contribution in [-0.2, 0) is 22.6 Å². The number of rotatable bonds is 6. The molecule has 3 rings (SSSR count). The number of amides is 2. The molecule has 1 aliphatic rings. The number of aromatic hydroxyl groups is 2. The standard InChI is InChI=1S/C21H24N2O4/c1-14-9-18(24)19(25)10-16(14)7-8-22-21(27)17-11-20(26)23(13-17)12-15-5-3-2-4-6-15/h2-6,9-10,17,24-25H,7-8,11-13H2,1H3,(H,22,27). The van der Waals surface area contributed by atoms with Crippen LogP contribution >= 0.6 is 0 Å². The lowest BCUT2D eigenvalue weighted by atomic mass is 10.0. The molecular weight excluding hydrogens is 344 g/mol. The van der Waals surface area contributed by atoms with Gasteiger partial charge in [0, 0.05) is 26.1 Å². The molecule has 0 aromatic heterocycles. The van der Waals surface area contributed by atoms with Crippen LogP contribution in [0.15, 0.2) is 42.5 Å². The normalized spacial score (nSPS) is 16.6. The predicted octanol–water partition coefficient (Wildman–Crippen LogP) is 2.11. The minimum Gasteiger partial charge on any atom is -0.504 e. The molecule has 1 atom stereocenters. The number of hydrogen-bond donors (Lipinski definition) is 3. The number of likely N-dealkylation sites (tertiary alicyclic amines) is 1. The van der Waals surface area contributed by atoms with Crippen LogP contribution in [0.5, 0.6) is 11.5 Å². The van der Waals surface area contributed by atoms with Gasteiger partial charge in [-0.05, 0) is 42.2 Å². The molecule has 0 saturated carbocycles. The van der Waals surface area contributed by atoms with E-state index in [0.717, 1.165) is 16.7 Å². The maximum absolute atomic E-state index is 12.4. The third-order valence-electron chi connectivity index (χ3n) is 4.93. The van der Waals surface area contributed by atoms with E-state index in [4.69, 9.17) is 0 Å². The second-order valence-corrected chi connectivity index (χ2v) is 6.97. The molecule has 1 heterocycles. The number of aryl methyl sites for hydroxylation is 1. The van der Waals surface area contributed by atoms with Crippen LogP contribution in [0.25, 0.3) is 0 Å². The van der Waals surface area contributed by atoms with E-state index in [9.17, 15) is 19.8 Å². The summed E-state index contributed by atoms with van der Waals surface area (Å²) in [5.41, 5.74) is 2.76. The second kappa shape index (κ2) is 8.12. The van der Waals surface area contributed by atoms with Gasteiger partial charge in [-0.25, -0.2) is 0 Å². The smallest absolute Gasteiger partial charge is 0.225 e. The van der Waals surface area contributed by atoms with E-state index in [-0.39, 0.29) is 35.7 Å². The zero-order valence-electron chi connectivity index (χ0n) is 15.3. The second-order valence-electron chi connectivity index (χ2n) is 6.97. The molecule has 0 bridgehead atoms. The van der Waals surface area contributed by atoms with Crippen molar-refractivity contribution in [3.05, 3.63) is 59.2 Å². The largest absolute Gasteiger partial charge is 0.504 e. The Morgan fingerprint density at radius 2 is 1.89 bits per heavy atom. The van der Waals surface area contributed by atoms with Crippen LogP contribution in [-0.4, -0.2) is 40.0 Å². The summed E-state index contributed by atoms with van der Waals surface area (Å²) in [6.07, 6.45) is 0.775. The van der Waals surface area contributed by atoms with Gasteiger partial charge in [-0.2, -0.15) is 0 Å². The van der Waals surface area contributed by atoms with Gasteiger partial charge in [0.2, 0.25) is 11.8 Å². The van der Waals surface area contributed by atoms with Gasteiger partial charge in [0.25, 0.3) is 0 Å². The number of phenols is 2. The van der Waals surface area contributed by atoms with Crippen molar-refractivity contribution in [2.75, 3.05) is 13.1 Å². The Morgan fingerprint density at radius 3 is 2.63 bits per heavy atom. The van der Waals surface area contributed by atoms with Crippen molar-refractivity contribution in [1.82, 2.24) is 10.2 Å². The maximum Gasteiger partial charge on any atom is 0.225 e. The zero-order valence-corrected chi connectivity index (χ0v) is 15.3. The molecule has 2 aromatic rings. The molecule has 1 saturated heterocycles. The van der Waals surface area contributed by atoms with Gasteiger partial charge in [0.15, 0.2) is 11.5 Å². The molecule has 2 aromatic carbocycles. The summed E-state index contributed by atoms with van der Waals surface area (Å²) in [4.78, 5) is 26.3. The number of benzene rings is 2. The highest BCUT2D eigenvalue weighted by molar-refractivity contribution is 5.89. The van der Waals surface area contributed by atoms with E-state index in [2.05, 4.69) is 5.32 Å². The topological polar surface area (TPSA) is 89.9 Å². The van der Waals surface area contributed by atoms with Gasteiger partial charge in [0.05, 0.1) is 5.92 Å². The zero-order chi connectivity index (χ0) is 19.4. The summed E-state index contributed by atoms with van der Waals surface area (Å²) in [6.45, 7) is 3.20. The molecule has 142 valence electrons. The first kappa shape index (κ1) is 18.8. The van der Waals surface area contributed by atoms with Gasteiger partial charge in [0.1, 0.15) is 0 Å². The van der Waals surface area contributed by atoms with Crippen LogP contribution in [0.4, 0.5) is 0 Å². The van der Waals surface area contributed by atoms with Crippen molar-refractivity contribution in [2.24, 2.45) is 5.92 Å². The molecule has 0 spiro atoms. The third-order valence-corrected chi connectivity index (χ3v) is 4.93. The van der Waals surface area contributed by atoms with Gasteiger partial charge in [-0.3, -0.25) is 9.59 Å². The fraction of sp³-hybridized carbons (Fsp3) is 0.333. The van der Waals surface area contributed by atoms with Crippen molar-refractivity contribution in [3.63, 3.8) is 0 Å². The minimum atomic E-state index is -0.337. The molecule has 1 unspecified atom stereocenters. The third kappa shape index (κ3) is 4.58. The number of carbonyl (C=O) groups is 2. The monoisotopic (exact) mass is 368 g/mol. The molecule has 1 fully saturated rings. The van der Waals surface area contributed by atoms with Crippen molar-refractivity contribution in [2.45, 2.75) is 26.3 Å². The summed E-state index contributed by atoms with van der Waals surface area (Å²) in [7, 11) is 0. The van der Waals surface area contributed by atoms with E-state index < -0.39 is 0 Å². The lowest BCUT2D eigenvalue weighted by Gasteiger charge is -2.16. The first-order chi connectivity index (χ1) is 12.9. The summed E-state index contributed by atoms with van der Waals surface area (Å²) in [5, 5.41) is 22.0. The number of carbonyl (C=O) groups excluding carboxylic acids is 2. The van der Waals surface area contributed by atoms with E-state index in [1.807, 2.05) is 37.3 Å². The molecular formula is C21H24N2O4. The Kier molecular flexibility index (Phi) is 5.64. The molecule has 1 aliphatic heterocycles. The van der Waals surface area contributed by atoms with Crippen LogP contribution in [0.1, 0.15) is 23.1 Å². The Bertz CT molecular complexity index is 836. The lowest BCUT2D eigenvalue weighted by molar-refractivity contribution is -0.129. The average molecular weight is 368 g/mol. The van der Waals surface area contributed by atoms with Crippen LogP contribution in [0.2, 0.25) is 0 Å². The SMILES string of the molecule is Cc1cc(O)c(O)cc1CCNC(=O)C1CC(=O)N(Cc2ccccc2)C1. The highest BCUT2D eigenvalue weighted by Crippen LogP contribution is 2.28. The molecule has 0 aliphatic carbocycles. The lowest BCUT2D eigenvalue weighted by Crippen LogP contribution is -2.34. The van der Waals surface area contributed by atoms with Gasteiger partial charge in [-0.1, -0.05) is 30.3 Å². The van der Waals surface area contributed by atoms with Crippen molar-refractivity contribution < 1.29 is 19.8 Å². The van der Waals surface area contributed by atoms with Gasteiger partial charge >= 0.3 is 0 Å². The van der Waals surface area contributed by atoms with E-state index in [1.54, 1.807) is 4.90 Å². The summed E-state index contributed by atoms with van der Waals surface area (Å²) >= 11 is 0. The fourth-order valence-corrected chi connectivity index (χ4v) is 3.36. The maximum atomic E-state index is 12.4. The average Bonchev–Trinajstić information content (AvgIpc) is 3.01. The first-order valence-electron chi connectivity index (χ1n) is 9.05. The predicted molar refractivity (Wildman–Crippen MR) is 101 cm³/mol. The quantitative estimate of drug-likeness (QED) is 0.681.